The molecule has 0 aliphatic heterocycles. The van der Waals surface area contributed by atoms with Crippen LogP contribution in [0.4, 0.5) is 3.89 Å². The molecule has 0 spiro atoms. The highest BCUT2D eigenvalue weighted by atomic mass is 32.3. The lowest BCUT2D eigenvalue weighted by Crippen LogP contribution is -2.05. The summed E-state index contributed by atoms with van der Waals surface area (Å²) in [7, 11) is -2.82. The molecule has 1 aromatic rings. The van der Waals surface area contributed by atoms with Crippen LogP contribution >= 0.6 is 0 Å². The first kappa shape index (κ1) is 12.9. The smallest absolute Gasteiger partial charge is 0.319 e. The molecular formula is C11H14FNO2S. The van der Waals surface area contributed by atoms with Gasteiger partial charge in [0.05, 0.1) is 0 Å². The Morgan fingerprint density at radius 2 is 2.06 bits per heavy atom. The minimum Gasteiger partial charge on any atom is -0.319 e. The van der Waals surface area contributed by atoms with Crippen molar-refractivity contribution < 1.29 is 12.3 Å². The second-order valence-corrected chi connectivity index (χ2v) is 4.59. The molecule has 5 heteroatoms. The quantitative estimate of drug-likeness (QED) is 0.635. The van der Waals surface area contributed by atoms with Crippen LogP contribution in [0.25, 0.3) is 6.08 Å². The van der Waals surface area contributed by atoms with Gasteiger partial charge in [0.2, 0.25) is 0 Å². The third kappa shape index (κ3) is 3.75. The molecule has 0 atom stereocenters. The Balaban J connectivity index is 2.92. The summed E-state index contributed by atoms with van der Waals surface area (Å²) in [6.07, 6.45) is 4.18. The Morgan fingerprint density at radius 1 is 1.38 bits per heavy atom. The van der Waals surface area contributed by atoms with Crippen LogP contribution in [0.15, 0.2) is 35.2 Å². The number of hydrogen-bond donors (Lipinski definition) is 1. The lowest BCUT2D eigenvalue weighted by Gasteiger charge is -2.00. The molecule has 0 bridgehead atoms. The fraction of sp³-hybridized carbons (Fsp3) is 0.273. The highest BCUT2D eigenvalue weighted by Gasteiger charge is 2.14. The molecule has 1 N–H and O–H groups in total. The molecule has 16 heavy (non-hydrogen) atoms. The Hall–Kier alpha value is -1.20. The standard InChI is InChI=1S/C11H14FNO2S/c1-13-9-5-4-7-10-6-2-3-8-11(10)16(12,14)15/h2-4,6-8,13H,5,9H2,1H3. The van der Waals surface area contributed by atoms with Gasteiger partial charge in [-0.2, -0.15) is 8.42 Å². The van der Waals surface area contributed by atoms with Gasteiger partial charge in [0.1, 0.15) is 4.90 Å². The maximum atomic E-state index is 12.9. The molecule has 88 valence electrons. The van der Waals surface area contributed by atoms with Gasteiger partial charge in [-0.15, -0.1) is 3.89 Å². The highest BCUT2D eigenvalue weighted by Crippen LogP contribution is 2.18. The molecule has 0 amide bonds. The Labute approximate surface area is 95.2 Å². The summed E-state index contributed by atoms with van der Waals surface area (Å²) in [6, 6.07) is 6.00. The van der Waals surface area contributed by atoms with Gasteiger partial charge in [-0.25, -0.2) is 0 Å². The first-order valence-corrected chi connectivity index (χ1v) is 6.29. The molecule has 0 saturated heterocycles. The van der Waals surface area contributed by atoms with E-state index in [1.165, 1.54) is 12.1 Å². The maximum Gasteiger partial charge on any atom is 0.332 e. The number of benzene rings is 1. The van der Waals surface area contributed by atoms with Crippen LogP contribution in [0, 0.1) is 0 Å². The van der Waals surface area contributed by atoms with Gasteiger partial charge in [0, 0.05) is 0 Å². The average molecular weight is 243 g/mol. The predicted molar refractivity (Wildman–Crippen MR) is 62.3 cm³/mol. The van der Waals surface area contributed by atoms with Crippen LogP contribution in [-0.2, 0) is 10.2 Å². The first-order chi connectivity index (χ1) is 7.55. The topological polar surface area (TPSA) is 46.2 Å². The van der Waals surface area contributed by atoms with E-state index in [-0.39, 0.29) is 4.90 Å². The van der Waals surface area contributed by atoms with Crippen molar-refractivity contribution in [2.75, 3.05) is 13.6 Å². The summed E-state index contributed by atoms with van der Waals surface area (Å²) in [5.74, 6) is 0. The maximum absolute atomic E-state index is 12.9. The minimum absolute atomic E-state index is 0.282. The first-order valence-electron chi connectivity index (χ1n) is 4.90. The predicted octanol–water partition coefficient (Wildman–Crippen LogP) is 1.97. The minimum atomic E-state index is -4.64. The fourth-order valence-electron chi connectivity index (χ4n) is 1.28. The summed E-state index contributed by atoms with van der Waals surface area (Å²) < 4.78 is 34.5. The molecule has 0 aromatic heterocycles. The monoisotopic (exact) mass is 243 g/mol. The van der Waals surface area contributed by atoms with Gasteiger partial charge in [-0.3, -0.25) is 0 Å². The van der Waals surface area contributed by atoms with E-state index in [0.717, 1.165) is 13.0 Å². The second-order valence-electron chi connectivity index (χ2n) is 3.27. The highest BCUT2D eigenvalue weighted by molar-refractivity contribution is 7.86. The Kier molecular flexibility index (Phi) is 4.64. The zero-order chi connectivity index (χ0) is 12.0. The summed E-state index contributed by atoms with van der Waals surface area (Å²) in [4.78, 5) is -0.282. The van der Waals surface area contributed by atoms with Gasteiger partial charge in [-0.1, -0.05) is 30.4 Å². The second kappa shape index (κ2) is 5.77. The van der Waals surface area contributed by atoms with E-state index in [0.29, 0.717) is 5.56 Å². The van der Waals surface area contributed by atoms with Crippen molar-refractivity contribution in [1.29, 1.82) is 0 Å². The fourth-order valence-corrected chi connectivity index (χ4v) is 1.94. The number of hydrogen-bond acceptors (Lipinski definition) is 3. The number of nitrogens with one attached hydrogen (secondary N) is 1. The molecular weight excluding hydrogens is 229 g/mol. The SMILES string of the molecule is CNCCC=Cc1ccccc1S(=O)(=O)F. The van der Waals surface area contributed by atoms with Crippen LogP contribution < -0.4 is 5.32 Å². The Bertz CT molecular complexity index is 469. The van der Waals surface area contributed by atoms with E-state index in [1.54, 1.807) is 24.3 Å². The van der Waals surface area contributed by atoms with E-state index in [1.807, 2.05) is 7.05 Å². The summed E-state index contributed by atoms with van der Waals surface area (Å²) in [5.41, 5.74) is 0.376. The van der Waals surface area contributed by atoms with Crippen molar-refractivity contribution in [1.82, 2.24) is 5.32 Å². The third-order valence-electron chi connectivity index (χ3n) is 2.04. The molecule has 0 aliphatic carbocycles. The lowest BCUT2D eigenvalue weighted by atomic mass is 10.2. The molecule has 0 saturated carbocycles. The zero-order valence-electron chi connectivity index (χ0n) is 8.98. The van der Waals surface area contributed by atoms with Gasteiger partial charge < -0.3 is 5.32 Å². The lowest BCUT2D eigenvalue weighted by molar-refractivity contribution is 0.552. The van der Waals surface area contributed by atoms with Gasteiger partial charge >= 0.3 is 10.2 Å². The molecule has 0 fully saturated rings. The van der Waals surface area contributed by atoms with Crippen LogP contribution in [-0.4, -0.2) is 22.0 Å². The molecule has 3 nitrogen and oxygen atoms in total. The summed E-state index contributed by atoms with van der Waals surface area (Å²) in [6.45, 7) is 0.793. The molecule has 1 aromatic carbocycles. The van der Waals surface area contributed by atoms with Crippen LogP contribution in [0.5, 0.6) is 0 Å². The number of halogens is 1. The van der Waals surface area contributed by atoms with E-state index >= 15 is 0 Å². The van der Waals surface area contributed by atoms with Gasteiger partial charge in [-0.05, 0) is 31.6 Å². The number of rotatable bonds is 5. The normalized spacial score (nSPS) is 12.1. The summed E-state index contributed by atoms with van der Waals surface area (Å²) >= 11 is 0. The van der Waals surface area contributed by atoms with Crippen molar-refractivity contribution in [3.05, 3.63) is 35.9 Å². The van der Waals surface area contributed by atoms with Crippen LogP contribution in [0.2, 0.25) is 0 Å². The largest absolute Gasteiger partial charge is 0.332 e. The van der Waals surface area contributed by atoms with Crippen molar-refractivity contribution in [3.63, 3.8) is 0 Å². The van der Waals surface area contributed by atoms with Crippen LogP contribution in [0.3, 0.4) is 0 Å². The third-order valence-corrected chi connectivity index (χ3v) is 2.94. The van der Waals surface area contributed by atoms with Crippen molar-refractivity contribution >= 4 is 16.3 Å². The summed E-state index contributed by atoms with van der Waals surface area (Å²) in [5, 5.41) is 2.96. The molecule has 0 unspecified atom stereocenters. The molecule has 0 aliphatic rings. The van der Waals surface area contributed by atoms with Crippen molar-refractivity contribution in [2.45, 2.75) is 11.3 Å². The van der Waals surface area contributed by atoms with E-state index in [4.69, 9.17) is 0 Å². The van der Waals surface area contributed by atoms with Crippen molar-refractivity contribution in [2.24, 2.45) is 0 Å². The van der Waals surface area contributed by atoms with Crippen molar-refractivity contribution in [3.8, 4) is 0 Å². The molecule has 0 radical (unpaired) electrons. The molecule has 1 rings (SSSR count). The van der Waals surface area contributed by atoms with E-state index in [2.05, 4.69) is 5.32 Å². The van der Waals surface area contributed by atoms with Gasteiger partial charge in [0.25, 0.3) is 0 Å². The van der Waals surface area contributed by atoms with E-state index in [9.17, 15) is 12.3 Å². The van der Waals surface area contributed by atoms with E-state index < -0.39 is 10.2 Å². The average Bonchev–Trinajstić information content (AvgIpc) is 2.24. The van der Waals surface area contributed by atoms with Gasteiger partial charge in [0.15, 0.2) is 0 Å². The zero-order valence-corrected chi connectivity index (χ0v) is 9.80. The van der Waals surface area contributed by atoms with Crippen LogP contribution in [0.1, 0.15) is 12.0 Å². The Morgan fingerprint density at radius 3 is 2.69 bits per heavy atom. The molecule has 0 heterocycles.